The summed E-state index contributed by atoms with van der Waals surface area (Å²) in [7, 11) is 0. The summed E-state index contributed by atoms with van der Waals surface area (Å²) in [5.41, 5.74) is -2.15. The van der Waals surface area contributed by atoms with Gasteiger partial charge < -0.3 is 25.0 Å². The molecule has 0 bridgehead atoms. The normalized spacial score (nSPS) is 44.7. The van der Waals surface area contributed by atoms with Crippen LogP contribution in [0.2, 0.25) is 0 Å². The Kier molecular flexibility index (Phi) is 5.60. The maximum absolute atomic E-state index is 14.4. The SMILES string of the molecule is C=CC(C)(C)c1ccc2c(c1)NC(=O)C1(C)C(CCC3(O)C45OC4C(O)C(C(=C)C)OC5CCC13C)CC2=O. The zero-order chi connectivity index (χ0) is 28.3. The number of Topliss-reactive ketones (excluding diaryl/α,β-unsaturated/α-hetero) is 1. The molecule has 1 aromatic rings. The summed E-state index contributed by atoms with van der Waals surface area (Å²) in [5.74, 6) is -0.457. The highest BCUT2D eigenvalue weighted by atomic mass is 16.7. The predicted molar refractivity (Wildman–Crippen MR) is 147 cm³/mol. The number of amides is 1. The molecule has 0 radical (unpaired) electrons. The van der Waals surface area contributed by atoms with Crippen molar-refractivity contribution in [2.75, 3.05) is 5.32 Å². The van der Waals surface area contributed by atoms with Crippen LogP contribution in [-0.4, -0.2) is 57.5 Å². The topological polar surface area (TPSA) is 108 Å². The fourth-order valence-electron chi connectivity index (χ4n) is 8.64. The lowest BCUT2D eigenvalue weighted by molar-refractivity contribution is -0.276. The molecule has 6 rings (SSSR count). The molecule has 5 aliphatic rings. The number of hydrogen-bond acceptors (Lipinski definition) is 6. The quantitative estimate of drug-likeness (QED) is 0.390. The Balaban J connectivity index is 1.43. The molecule has 3 N–H and O–H groups in total. The van der Waals surface area contributed by atoms with E-state index in [0.29, 0.717) is 36.9 Å². The van der Waals surface area contributed by atoms with Gasteiger partial charge in [-0.1, -0.05) is 39.5 Å². The first kappa shape index (κ1) is 26.9. The molecule has 7 heteroatoms. The molecule has 4 fully saturated rings. The summed E-state index contributed by atoms with van der Waals surface area (Å²) < 4.78 is 12.6. The first-order valence-electron chi connectivity index (χ1n) is 14.2. The van der Waals surface area contributed by atoms with Crippen LogP contribution in [0.1, 0.15) is 82.6 Å². The summed E-state index contributed by atoms with van der Waals surface area (Å²) in [5, 5.41) is 26.9. The number of carbonyl (C=O) groups is 2. The molecule has 9 atom stereocenters. The van der Waals surface area contributed by atoms with Gasteiger partial charge in [0.2, 0.25) is 5.91 Å². The van der Waals surface area contributed by atoms with Crippen molar-refractivity contribution >= 4 is 17.4 Å². The van der Waals surface area contributed by atoms with Gasteiger partial charge in [0.25, 0.3) is 0 Å². The Bertz CT molecular complexity index is 1300. The van der Waals surface area contributed by atoms with Gasteiger partial charge in [0, 0.05) is 22.8 Å². The van der Waals surface area contributed by atoms with Crippen LogP contribution in [0.5, 0.6) is 0 Å². The molecule has 210 valence electrons. The van der Waals surface area contributed by atoms with Gasteiger partial charge in [-0.15, -0.1) is 6.58 Å². The number of aliphatic hydroxyl groups is 2. The number of hydrogen-bond donors (Lipinski definition) is 3. The average Bonchev–Trinajstić information content (AvgIpc) is 3.65. The standard InChI is InChI=1S/C32H41NO6/c1-8-28(4,5)18-9-10-20-21(15-18)33-27(36)30(7)19(16-22(20)34)11-14-31(37)29(30,6)13-12-23-32(31)26(39-32)24(35)25(38-23)17(2)3/h8-10,15,19,23-26,35,37H,1-2,11-14,16H2,3-7H3,(H,33,36). The smallest absolute Gasteiger partial charge is 0.231 e. The number of epoxide rings is 1. The summed E-state index contributed by atoms with van der Waals surface area (Å²) in [4.78, 5) is 28.1. The van der Waals surface area contributed by atoms with Crippen LogP contribution >= 0.6 is 0 Å². The lowest BCUT2D eigenvalue weighted by Crippen LogP contribution is -2.77. The Morgan fingerprint density at radius 2 is 1.92 bits per heavy atom. The largest absolute Gasteiger partial charge is 0.387 e. The number of nitrogens with one attached hydrogen (secondary N) is 1. The third kappa shape index (κ3) is 3.13. The number of carbonyl (C=O) groups excluding carboxylic acids is 2. The Morgan fingerprint density at radius 3 is 2.59 bits per heavy atom. The fourth-order valence-corrected chi connectivity index (χ4v) is 8.64. The minimum absolute atomic E-state index is 0.00802. The third-order valence-electron chi connectivity index (χ3n) is 11.6. The summed E-state index contributed by atoms with van der Waals surface area (Å²) in [6.07, 6.45) is 1.53. The van der Waals surface area contributed by atoms with Gasteiger partial charge in [-0.3, -0.25) is 9.59 Å². The lowest BCUT2D eigenvalue weighted by Gasteiger charge is -2.66. The zero-order valence-electron chi connectivity index (χ0n) is 23.7. The molecular formula is C32H41NO6. The van der Waals surface area contributed by atoms with E-state index >= 15 is 0 Å². The predicted octanol–water partition coefficient (Wildman–Crippen LogP) is 4.46. The third-order valence-corrected chi connectivity index (χ3v) is 11.6. The Hall–Kier alpha value is -2.32. The Morgan fingerprint density at radius 1 is 1.21 bits per heavy atom. The number of fused-ring (bicyclic) bond motifs is 4. The maximum atomic E-state index is 14.4. The van der Waals surface area contributed by atoms with Crippen molar-refractivity contribution in [2.24, 2.45) is 16.7 Å². The van der Waals surface area contributed by atoms with Gasteiger partial charge in [0.05, 0.1) is 17.2 Å². The highest BCUT2D eigenvalue weighted by molar-refractivity contribution is 6.08. The van der Waals surface area contributed by atoms with Crippen LogP contribution < -0.4 is 5.32 Å². The van der Waals surface area contributed by atoms with E-state index in [2.05, 4.69) is 18.5 Å². The van der Waals surface area contributed by atoms with Crippen molar-refractivity contribution in [3.8, 4) is 0 Å². The number of anilines is 1. The molecule has 3 heterocycles. The van der Waals surface area contributed by atoms with E-state index in [0.717, 1.165) is 11.1 Å². The van der Waals surface area contributed by atoms with Gasteiger partial charge in [0.15, 0.2) is 11.4 Å². The highest BCUT2D eigenvalue weighted by Crippen LogP contribution is 2.73. The number of rotatable bonds is 3. The molecule has 7 nitrogen and oxygen atoms in total. The van der Waals surface area contributed by atoms with Crippen molar-refractivity contribution in [2.45, 2.75) is 108 Å². The van der Waals surface area contributed by atoms with Crippen LogP contribution in [-0.2, 0) is 19.7 Å². The summed E-state index contributed by atoms with van der Waals surface area (Å²) in [6.45, 7) is 17.7. The van der Waals surface area contributed by atoms with Crippen LogP contribution in [0.25, 0.3) is 0 Å². The first-order chi connectivity index (χ1) is 18.2. The molecular weight excluding hydrogens is 494 g/mol. The monoisotopic (exact) mass is 535 g/mol. The van der Waals surface area contributed by atoms with Gasteiger partial charge in [-0.25, -0.2) is 0 Å². The summed E-state index contributed by atoms with van der Waals surface area (Å²) in [6, 6.07) is 5.63. The van der Waals surface area contributed by atoms with Crippen molar-refractivity contribution in [3.63, 3.8) is 0 Å². The fraction of sp³-hybridized carbons (Fsp3) is 0.625. The van der Waals surface area contributed by atoms with E-state index in [4.69, 9.17) is 9.47 Å². The second-order valence-electron chi connectivity index (χ2n) is 13.7. The number of ether oxygens (including phenoxy) is 2. The molecule has 1 spiro atoms. The molecule has 1 amide bonds. The van der Waals surface area contributed by atoms with Crippen molar-refractivity contribution in [1.82, 2.24) is 0 Å². The van der Waals surface area contributed by atoms with Crippen LogP contribution in [0.15, 0.2) is 43.0 Å². The highest BCUT2D eigenvalue weighted by Gasteiger charge is 2.86. The van der Waals surface area contributed by atoms with Gasteiger partial charge in [-0.05, 0) is 68.7 Å². The van der Waals surface area contributed by atoms with E-state index in [1.165, 1.54) is 0 Å². The molecule has 39 heavy (non-hydrogen) atoms. The molecule has 3 aliphatic heterocycles. The number of benzene rings is 1. The molecule has 9 unspecified atom stereocenters. The minimum Gasteiger partial charge on any atom is -0.387 e. The maximum Gasteiger partial charge on any atom is 0.231 e. The van der Waals surface area contributed by atoms with Crippen LogP contribution in [0.3, 0.4) is 0 Å². The molecule has 2 saturated heterocycles. The first-order valence-corrected chi connectivity index (χ1v) is 14.2. The van der Waals surface area contributed by atoms with Crippen LogP contribution in [0, 0.1) is 16.7 Å². The van der Waals surface area contributed by atoms with Gasteiger partial charge >= 0.3 is 0 Å². The van der Waals surface area contributed by atoms with Crippen LogP contribution in [0.4, 0.5) is 5.69 Å². The molecule has 2 saturated carbocycles. The second-order valence-corrected chi connectivity index (χ2v) is 13.7. The number of allylic oxidation sites excluding steroid dienone is 1. The Labute approximate surface area is 230 Å². The van der Waals surface area contributed by atoms with E-state index < -0.39 is 46.4 Å². The van der Waals surface area contributed by atoms with E-state index in [9.17, 15) is 19.8 Å². The van der Waals surface area contributed by atoms with Gasteiger partial charge in [-0.2, -0.15) is 0 Å². The molecule has 0 aromatic heterocycles. The number of ketones is 1. The average molecular weight is 536 g/mol. The summed E-state index contributed by atoms with van der Waals surface area (Å²) >= 11 is 0. The van der Waals surface area contributed by atoms with Crippen molar-refractivity contribution in [3.05, 3.63) is 54.1 Å². The van der Waals surface area contributed by atoms with E-state index in [1.807, 2.05) is 58.9 Å². The van der Waals surface area contributed by atoms with Gasteiger partial charge in [0.1, 0.15) is 23.9 Å². The second kappa shape index (κ2) is 8.12. The number of aliphatic hydroxyl groups excluding tert-OH is 1. The molecule has 1 aromatic carbocycles. The van der Waals surface area contributed by atoms with E-state index in [-0.39, 0.29) is 29.4 Å². The lowest BCUT2D eigenvalue weighted by atomic mass is 9.39. The molecule has 2 aliphatic carbocycles. The van der Waals surface area contributed by atoms with Crippen molar-refractivity contribution < 1.29 is 29.3 Å². The van der Waals surface area contributed by atoms with Crippen molar-refractivity contribution in [1.29, 1.82) is 0 Å². The van der Waals surface area contributed by atoms with E-state index in [1.54, 1.807) is 0 Å². The zero-order valence-corrected chi connectivity index (χ0v) is 23.7. The minimum atomic E-state index is -1.42.